The second-order valence-electron chi connectivity index (χ2n) is 4.39. The highest BCUT2D eigenvalue weighted by atomic mass is 16.3. The second kappa shape index (κ2) is 6.49. The molecule has 0 aromatic rings. The number of nitrogens with zero attached hydrogens (tertiary/aromatic N) is 2. The fraction of sp³-hybridized carbons (Fsp3) is 0.833. The van der Waals surface area contributed by atoms with E-state index < -0.39 is 5.92 Å². The minimum absolute atomic E-state index is 0.0346. The fourth-order valence-electron chi connectivity index (χ4n) is 2.22. The van der Waals surface area contributed by atoms with Gasteiger partial charge in [0.15, 0.2) is 0 Å². The number of likely N-dealkylation sites (tertiary alicyclic amines) is 1. The molecule has 4 nitrogen and oxygen atoms in total. The number of carbonyl (C=O) groups is 1. The van der Waals surface area contributed by atoms with Gasteiger partial charge in [0.25, 0.3) is 0 Å². The van der Waals surface area contributed by atoms with E-state index in [9.17, 15) is 4.79 Å². The van der Waals surface area contributed by atoms with E-state index in [1.807, 2.05) is 6.92 Å². The molecule has 16 heavy (non-hydrogen) atoms. The molecule has 90 valence electrons. The molecule has 2 atom stereocenters. The maximum atomic E-state index is 12.0. The van der Waals surface area contributed by atoms with Crippen LogP contribution in [0.4, 0.5) is 0 Å². The van der Waals surface area contributed by atoms with Crippen LogP contribution in [0.25, 0.3) is 0 Å². The quantitative estimate of drug-likeness (QED) is 0.779. The summed E-state index contributed by atoms with van der Waals surface area (Å²) in [5.41, 5.74) is 0. The molecule has 2 unspecified atom stereocenters. The van der Waals surface area contributed by atoms with Crippen molar-refractivity contribution in [1.29, 1.82) is 5.26 Å². The van der Waals surface area contributed by atoms with E-state index in [0.717, 1.165) is 25.8 Å². The van der Waals surface area contributed by atoms with Crippen LogP contribution >= 0.6 is 0 Å². The van der Waals surface area contributed by atoms with E-state index in [-0.39, 0.29) is 12.5 Å². The van der Waals surface area contributed by atoms with Gasteiger partial charge in [-0.1, -0.05) is 6.92 Å². The lowest BCUT2D eigenvalue weighted by molar-refractivity contribution is -0.135. The predicted molar refractivity (Wildman–Crippen MR) is 60.4 cm³/mol. The van der Waals surface area contributed by atoms with Crippen LogP contribution in [0.5, 0.6) is 0 Å². The van der Waals surface area contributed by atoms with Crippen LogP contribution in [0.2, 0.25) is 0 Å². The summed E-state index contributed by atoms with van der Waals surface area (Å²) >= 11 is 0. The van der Waals surface area contributed by atoms with Crippen molar-refractivity contribution in [1.82, 2.24) is 4.90 Å². The molecule has 0 aromatic heterocycles. The SMILES string of the molecule is CCC(C#N)C(=O)N1CCCC(CCO)C1. The van der Waals surface area contributed by atoms with Gasteiger partial charge in [0.2, 0.25) is 5.91 Å². The number of hydrogen-bond donors (Lipinski definition) is 1. The highest BCUT2D eigenvalue weighted by Gasteiger charge is 2.27. The van der Waals surface area contributed by atoms with Crippen LogP contribution in [0.1, 0.15) is 32.6 Å². The third-order valence-corrected chi connectivity index (χ3v) is 3.23. The molecular formula is C12H20N2O2. The van der Waals surface area contributed by atoms with E-state index >= 15 is 0 Å². The Morgan fingerprint density at radius 1 is 1.69 bits per heavy atom. The summed E-state index contributed by atoms with van der Waals surface area (Å²) in [7, 11) is 0. The number of amides is 1. The van der Waals surface area contributed by atoms with Gasteiger partial charge in [-0.15, -0.1) is 0 Å². The van der Waals surface area contributed by atoms with Gasteiger partial charge < -0.3 is 10.0 Å². The van der Waals surface area contributed by atoms with Gasteiger partial charge >= 0.3 is 0 Å². The summed E-state index contributed by atoms with van der Waals surface area (Å²) in [4.78, 5) is 13.7. The van der Waals surface area contributed by atoms with Crippen molar-refractivity contribution in [3.05, 3.63) is 0 Å². The Bertz CT molecular complexity index is 271. The zero-order valence-electron chi connectivity index (χ0n) is 9.85. The van der Waals surface area contributed by atoms with Gasteiger partial charge in [-0.3, -0.25) is 4.79 Å². The third kappa shape index (κ3) is 3.21. The third-order valence-electron chi connectivity index (χ3n) is 3.23. The molecule has 0 bridgehead atoms. The summed E-state index contributed by atoms with van der Waals surface area (Å²) in [6.45, 7) is 3.51. The number of nitriles is 1. The second-order valence-corrected chi connectivity index (χ2v) is 4.39. The van der Waals surface area contributed by atoms with Gasteiger partial charge in [0.1, 0.15) is 5.92 Å². The fourth-order valence-corrected chi connectivity index (χ4v) is 2.22. The Morgan fingerprint density at radius 2 is 2.44 bits per heavy atom. The Hall–Kier alpha value is -1.08. The van der Waals surface area contributed by atoms with Crippen molar-refractivity contribution < 1.29 is 9.90 Å². The zero-order chi connectivity index (χ0) is 12.0. The molecule has 0 saturated carbocycles. The van der Waals surface area contributed by atoms with Crippen molar-refractivity contribution in [2.75, 3.05) is 19.7 Å². The average Bonchev–Trinajstić information content (AvgIpc) is 2.31. The maximum Gasteiger partial charge on any atom is 0.239 e. The molecule has 0 radical (unpaired) electrons. The largest absolute Gasteiger partial charge is 0.396 e. The molecule has 1 N–H and O–H groups in total. The molecule has 4 heteroatoms. The van der Waals surface area contributed by atoms with Crippen molar-refractivity contribution >= 4 is 5.91 Å². The first-order valence-electron chi connectivity index (χ1n) is 6.02. The molecule has 1 amide bonds. The Balaban J connectivity index is 2.53. The van der Waals surface area contributed by atoms with Gasteiger partial charge in [-0.05, 0) is 31.6 Å². The van der Waals surface area contributed by atoms with E-state index in [4.69, 9.17) is 10.4 Å². The number of aliphatic hydroxyl groups is 1. The smallest absolute Gasteiger partial charge is 0.239 e. The molecule has 0 aliphatic carbocycles. The van der Waals surface area contributed by atoms with Crippen molar-refractivity contribution in [2.24, 2.45) is 11.8 Å². The van der Waals surface area contributed by atoms with Crippen LogP contribution in [0.15, 0.2) is 0 Å². The number of hydrogen-bond acceptors (Lipinski definition) is 3. The van der Waals surface area contributed by atoms with Crippen LogP contribution in [-0.4, -0.2) is 35.6 Å². The summed E-state index contributed by atoms with van der Waals surface area (Å²) in [5, 5.41) is 17.7. The standard InChI is InChI=1S/C12H20N2O2/c1-2-11(8-13)12(16)14-6-3-4-10(9-14)5-7-15/h10-11,15H,2-7,9H2,1H3. The first kappa shape index (κ1) is 13.0. The summed E-state index contributed by atoms with van der Waals surface area (Å²) < 4.78 is 0. The minimum atomic E-state index is -0.493. The molecule has 1 saturated heterocycles. The van der Waals surface area contributed by atoms with Crippen molar-refractivity contribution in [3.63, 3.8) is 0 Å². The summed E-state index contributed by atoms with van der Waals surface area (Å²) in [6, 6.07) is 2.06. The molecular weight excluding hydrogens is 204 g/mol. The number of aliphatic hydroxyl groups excluding tert-OH is 1. The van der Waals surface area contributed by atoms with Crippen LogP contribution in [-0.2, 0) is 4.79 Å². The van der Waals surface area contributed by atoms with Gasteiger partial charge in [-0.2, -0.15) is 5.26 Å². The number of rotatable bonds is 4. The van der Waals surface area contributed by atoms with E-state index in [2.05, 4.69) is 6.07 Å². The highest BCUT2D eigenvalue weighted by Crippen LogP contribution is 2.21. The van der Waals surface area contributed by atoms with Gasteiger partial charge in [-0.25, -0.2) is 0 Å². The molecule has 1 fully saturated rings. The van der Waals surface area contributed by atoms with Crippen molar-refractivity contribution in [2.45, 2.75) is 32.6 Å². The number of piperidine rings is 1. The van der Waals surface area contributed by atoms with Crippen LogP contribution in [0, 0.1) is 23.2 Å². The maximum absolute atomic E-state index is 12.0. The molecule has 1 aliphatic rings. The molecule has 1 rings (SSSR count). The van der Waals surface area contributed by atoms with E-state index in [1.54, 1.807) is 4.90 Å². The van der Waals surface area contributed by atoms with Gasteiger partial charge in [0.05, 0.1) is 6.07 Å². The molecule has 0 spiro atoms. The van der Waals surface area contributed by atoms with Crippen LogP contribution in [0.3, 0.4) is 0 Å². The molecule has 0 aromatic carbocycles. The minimum Gasteiger partial charge on any atom is -0.396 e. The zero-order valence-corrected chi connectivity index (χ0v) is 9.85. The van der Waals surface area contributed by atoms with Crippen molar-refractivity contribution in [3.8, 4) is 6.07 Å². The van der Waals surface area contributed by atoms with E-state index in [1.165, 1.54) is 0 Å². The first-order chi connectivity index (χ1) is 7.72. The average molecular weight is 224 g/mol. The molecule has 1 heterocycles. The summed E-state index contributed by atoms with van der Waals surface area (Å²) in [5.74, 6) is -0.126. The van der Waals surface area contributed by atoms with E-state index in [0.29, 0.717) is 18.9 Å². The lowest BCUT2D eigenvalue weighted by Gasteiger charge is -2.33. The Labute approximate surface area is 96.9 Å². The number of carbonyl (C=O) groups excluding carboxylic acids is 1. The first-order valence-corrected chi connectivity index (χ1v) is 6.02. The Morgan fingerprint density at radius 3 is 3.00 bits per heavy atom. The monoisotopic (exact) mass is 224 g/mol. The molecule has 1 aliphatic heterocycles. The lowest BCUT2D eigenvalue weighted by Crippen LogP contribution is -2.42. The highest BCUT2D eigenvalue weighted by molar-refractivity contribution is 5.81. The normalized spacial score (nSPS) is 22.6. The Kier molecular flexibility index (Phi) is 5.27. The predicted octanol–water partition coefficient (Wildman–Crippen LogP) is 1.16. The van der Waals surface area contributed by atoms with Gasteiger partial charge in [0, 0.05) is 19.7 Å². The summed E-state index contributed by atoms with van der Waals surface area (Å²) in [6.07, 6.45) is 3.40. The topological polar surface area (TPSA) is 64.3 Å². The lowest BCUT2D eigenvalue weighted by atomic mass is 9.94. The van der Waals surface area contributed by atoms with Crippen LogP contribution < -0.4 is 0 Å².